The number of amides is 1. The second-order valence-corrected chi connectivity index (χ2v) is 7.31. The zero-order valence-electron chi connectivity index (χ0n) is 16.8. The summed E-state index contributed by atoms with van der Waals surface area (Å²) in [6.45, 7) is 6.65. The summed E-state index contributed by atoms with van der Waals surface area (Å²) in [4.78, 5) is 33.6. The molecule has 7 heteroatoms. The molecule has 0 spiro atoms. The smallest absolute Gasteiger partial charge is 0.336 e. The Bertz CT molecular complexity index is 1080. The number of anilines is 2. The third kappa shape index (κ3) is 4.11. The first-order valence-electron chi connectivity index (χ1n) is 10.1. The summed E-state index contributed by atoms with van der Waals surface area (Å²) >= 11 is 0. The lowest BCUT2D eigenvalue weighted by Crippen LogP contribution is -2.46. The van der Waals surface area contributed by atoms with E-state index in [9.17, 15) is 14.7 Å². The van der Waals surface area contributed by atoms with Crippen LogP contribution >= 0.6 is 0 Å². The molecule has 2 heterocycles. The van der Waals surface area contributed by atoms with E-state index < -0.39 is 5.97 Å². The minimum atomic E-state index is -1.01. The monoisotopic (exact) mass is 404 g/mol. The number of hydrogen-bond donors (Lipinski definition) is 2. The van der Waals surface area contributed by atoms with Gasteiger partial charge in [0.2, 0.25) is 0 Å². The van der Waals surface area contributed by atoms with E-state index in [4.69, 9.17) is 4.98 Å². The highest BCUT2D eigenvalue weighted by Gasteiger charge is 2.20. The van der Waals surface area contributed by atoms with Crippen LogP contribution in [-0.4, -0.2) is 59.6 Å². The number of carbonyl (C=O) groups excluding carboxylic acids is 1. The van der Waals surface area contributed by atoms with Crippen LogP contribution in [-0.2, 0) is 0 Å². The lowest BCUT2D eigenvalue weighted by atomic mass is 10.1. The van der Waals surface area contributed by atoms with Gasteiger partial charge in [0.1, 0.15) is 5.82 Å². The van der Waals surface area contributed by atoms with Crippen molar-refractivity contribution in [1.29, 1.82) is 0 Å². The van der Waals surface area contributed by atoms with E-state index in [2.05, 4.69) is 22.0 Å². The number of nitrogens with one attached hydrogen (secondary N) is 1. The van der Waals surface area contributed by atoms with Crippen molar-refractivity contribution in [3.63, 3.8) is 0 Å². The van der Waals surface area contributed by atoms with E-state index in [0.717, 1.165) is 32.7 Å². The first kappa shape index (κ1) is 19.8. The minimum absolute atomic E-state index is 0.184. The van der Waals surface area contributed by atoms with Gasteiger partial charge in [0.05, 0.1) is 11.1 Å². The van der Waals surface area contributed by atoms with Crippen LogP contribution in [0, 0.1) is 0 Å². The molecule has 1 amide bonds. The Morgan fingerprint density at radius 2 is 1.77 bits per heavy atom. The van der Waals surface area contributed by atoms with Gasteiger partial charge < -0.3 is 20.2 Å². The fraction of sp³-hybridized carbons (Fsp3) is 0.261. The fourth-order valence-electron chi connectivity index (χ4n) is 3.71. The summed E-state index contributed by atoms with van der Waals surface area (Å²) in [5.41, 5.74) is 1.85. The average molecular weight is 404 g/mol. The Kier molecular flexibility index (Phi) is 5.63. The van der Waals surface area contributed by atoms with Gasteiger partial charge in [0.15, 0.2) is 0 Å². The average Bonchev–Trinajstić information content (AvgIpc) is 2.79. The van der Waals surface area contributed by atoms with Gasteiger partial charge in [0, 0.05) is 42.8 Å². The van der Waals surface area contributed by atoms with Crippen LogP contribution in [0.15, 0.2) is 54.6 Å². The Morgan fingerprint density at radius 3 is 2.43 bits per heavy atom. The van der Waals surface area contributed by atoms with Gasteiger partial charge >= 0.3 is 5.97 Å². The standard InChI is InChI=1S/C23H24N4O3/c1-2-26-10-12-27(13-11-26)21-15-19(23(29)30)18-14-17(8-9-20(18)25-21)24-22(28)16-6-4-3-5-7-16/h3-9,14-15H,2,10-13H2,1H3,(H,24,28)(H,29,30). The van der Waals surface area contributed by atoms with Crippen molar-refractivity contribution < 1.29 is 14.7 Å². The SMILES string of the molecule is CCN1CCN(c2cc(C(=O)O)c3cc(NC(=O)c4ccccc4)ccc3n2)CC1. The Morgan fingerprint density at radius 1 is 1.03 bits per heavy atom. The summed E-state index contributed by atoms with van der Waals surface area (Å²) in [6, 6.07) is 15.7. The van der Waals surface area contributed by atoms with E-state index in [0.29, 0.717) is 28.0 Å². The molecule has 1 aliphatic rings. The fourth-order valence-corrected chi connectivity index (χ4v) is 3.71. The predicted molar refractivity (Wildman–Crippen MR) is 117 cm³/mol. The summed E-state index contributed by atoms with van der Waals surface area (Å²) in [5.74, 6) is -0.579. The molecule has 3 aromatic rings. The zero-order chi connectivity index (χ0) is 21.1. The van der Waals surface area contributed by atoms with Crippen molar-refractivity contribution >= 4 is 34.3 Å². The van der Waals surface area contributed by atoms with E-state index in [1.54, 1.807) is 48.5 Å². The molecule has 7 nitrogen and oxygen atoms in total. The molecule has 0 aliphatic carbocycles. The van der Waals surface area contributed by atoms with Gasteiger partial charge in [-0.05, 0) is 42.9 Å². The summed E-state index contributed by atoms with van der Waals surface area (Å²) < 4.78 is 0. The number of aromatic carboxylic acids is 1. The van der Waals surface area contributed by atoms with Crippen LogP contribution in [0.1, 0.15) is 27.6 Å². The Labute approximate surface area is 174 Å². The number of carbonyl (C=O) groups is 2. The van der Waals surface area contributed by atoms with E-state index in [1.165, 1.54) is 0 Å². The van der Waals surface area contributed by atoms with Gasteiger partial charge in [-0.2, -0.15) is 0 Å². The third-order valence-electron chi connectivity index (χ3n) is 5.46. The highest BCUT2D eigenvalue weighted by Crippen LogP contribution is 2.27. The molecule has 2 aromatic carbocycles. The number of carboxylic acids is 1. The van der Waals surface area contributed by atoms with Crippen molar-refractivity contribution in [3.05, 3.63) is 65.7 Å². The molecule has 30 heavy (non-hydrogen) atoms. The summed E-state index contributed by atoms with van der Waals surface area (Å²) in [5, 5.41) is 13.1. The minimum Gasteiger partial charge on any atom is -0.478 e. The maximum Gasteiger partial charge on any atom is 0.336 e. The van der Waals surface area contributed by atoms with Gasteiger partial charge in [0.25, 0.3) is 5.91 Å². The van der Waals surface area contributed by atoms with E-state index in [1.807, 2.05) is 6.07 Å². The molecular weight excluding hydrogens is 380 g/mol. The van der Waals surface area contributed by atoms with Crippen molar-refractivity contribution in [2.45, 2.75) is 6.92 Å². The highest BCUT2D eigenvalue weighted by molar-refractivity contribution is 6.08. The quantitative estimate of drug-likeness (QED) is 0.679. The maximum atomic E-state index is 12.4. The normalized spacial score (nSPS) is 14.6. The third-order valence-corrected chi connectivity index (χ3v) is 5.46. The van der Waals surface area contributed by atoms with Crippen molar-refractivity contribution in [3.8, 4) is 0 Å². The molecule has 0 unspecified atom stereocenters. The molecule has 154 valence electrons. The van der Waals surface area contributed by atoms with Crippen molar-refractivity contribution in [2.75, 3.05) is 42.9 Å². The highest BCUT2D eigenvalue weighted by atomic mass is 16.4. The number of carboxylic acid groups (broad SMARTS) is 1. The zero-order valence-corrected chi connectivity index (χ0v) is 16.8. The Hall–Kier alpha value is -3.45. The lowest BCUT2D eigenvalue weighted by molar-refractivity contribution is 0.0698. The molecule has 0 atom stereocenters. The number of hydrogen-bond acceptors (Lipinski definition) is 5. The first-order chi connectivity index (χ1) is 14.5. The number of fused-ring (bicyclic) bond motifs is 1. The number of benzene rings is 2. The van der Waals surface area contributed by atoms with Crippen LogP contribution in [0.5, 0.6) is 0 Å². The number of rotatable bonds is 5. The molecule has 4 rings (SSSR count). The maximum absolute atomic E-state index is 12.4. The Balaban J connectivity index is 1.64. The van der Waals surface area contributed by atoms with E-state index in [-0.39, 0.29) is 11.5 Å². The second kappa shape index (κ2) is 8.51. The van der Waals surface area contributed by atoms with E-state index >= 15 is 0 Å². The number of pyridine rings is 1. The van der Waals surface area contributed by atoms with Crippen LogP contribution in [0.2, 0.25) is 0 Å². The summed E-state index contributed by atoms with van der Waals surface area (Å²) in [7, 11) is 0. The van der Waals surface area contributed by atoms with Gasteiger partial charge in [-0.1, -0.05) is 25.1 Å². The van der Waals surface area contributed by atoms with Crippen LogP contribution in [0.25, 0.3) is 10.9 Å². The van der Waals surface area contributed by atoms with Gasteiger partial charge in [-0.3, -0.25) is 4.79 Å². The molecule has 2 N–H and O–H groups in total. The van der Waals surface area contributed by atoms with Crippen molar-refractivity contribution in [2.24, 2.45) is 0 Å². The molecule has 0 saturated carbocycles. The molecule has 1 aliphatic heterocycles. The van der Waals surface area contributed by atoms with Crippen LogP contribution in [0.3, 0.4) is 0 Å². The number of piperazine rings is 1. The largest absolute Gasteiger partial charge is 0.478 e. The van der Waals surface area contributed by atoms with Crippen molar-refractivity contribution in [1.82, 2.24) is 9.88 Å². The topological polar surface area (TPSA) is 85.8 Å². The molecule has 1 saturated heterocycles. The van der Waals surface area contributed by atoms with Crippen LogP contribution in [0.4, 0.5) is 11.5 Å². The molecular formula is C23H24N4O3. The van der Waals surface area contributed by atoms with Crippen LogP contribution < -0.4 is 10.2 Å². The van der Waals surface area contributed by atoms with Gasteiger partial charge in [-0.15, -0.1) is 0 Å². The predicted octanol–water partition coefficient (Wildman–Crippen LogP) is 3.33. The molecule has 0 bridgehead atoms. The first-order valence-corrected chi connectivity index (χ1v) is 10.1. The molecule has 1 aromatic heterocycles. The molecule has 0 radical (unpaired) electrons. The number of aromatic nitrogens is 1. The number of likely N-dealkylation sites (N-methyl/N-ethyl adjacent to an activating group) is 1. The lowest BCUT2D eigenvalue weighted by Gasteiger charge is -2.35. The number of nitrogens with zero attached hydrogens (tertiary/aromatic N) is 3. The summed E-state index contributed by atoms with van der Waals surface area (Å²) in [6.07, 6.45) is 0. The van der Waals surface area contributed by atoms with Gasteiger partial charge in [-0.25, -0.2) is 9.78 Å². The second-order valence-electron chi connectivity index (χ2n) is 7.31. The molecule has 1 fully saturated rings.